The number of carbonyl (C=O) groups excluding carboxylic acids is 1. The number of Topliss-reactive ketones (excluding diaryl/α,β-unsaturated/α-hetero) is 1. The van der Waals surface area contributed by atoms with E-state index in [4.69, 9.17) is 0 Å². The first kappa shape index (κ1) is 15.8. The van der Waals surface area contributed by atoms with Crippen LogP contribution in [0.25, 0.3) is 0 Å². The Bertz CT molecular complexity index is 560. The van der Waals surface area contributed by atoms with Gasteiger partial charge in [-0.2, -0.15) is 0 Å². The summed E-state index contributed by atoms with van der Waals surface area (Å²) in [6.07, 6.45) is 8.49. The van der Waals surface area contributed by atoms with Gasteiger partial charge in [-0.15, -0.1) is 6.58 Å². The van der Waals surface area contributed by atoms with Gasteiger partial charge in [0.15, 0.2) is 11.5 Å². The van der Waals surface area contributed by atoms with Crippen LogP contribution in [0.15, 0.2) is 24.0 Å². The highest BCUT2D eigenvalue weighted by Gasteiger charge is 2.59. The zero-order chi connectivity index (χ0) is 16.3. The first-order chi connectivity index (χ1) is 10.2. The second kappa shape index (κ2) is 4.72. The lowest BCUT2D eigenvalue weighted by Gasteiger charge is -2.61. The molecule has 1 N–H and O–H groups in total. The van der Waals surface area contributed by atoms with Gasteiger partial charge in [0, 0.05) is 6.42 Å². The molecule has 0 spiro atoms. The molecule has 0 saturated heterocycles. The quantitative estimate of drug-likeness (QED) is 0.675. The predicted octanol–water partition coefficient (Wildman–Crippen LogP) is 5.21. The van der Waals surface area contributed by atoms with Crippen molar-refractivity contribution in [2.24, 2.45) is 28.1 Å². The fraction of sp³-hybridized carbons (Fsp3) is 0.750. The van der Waals surface area contributed by atoms with Crippen LogP contribution in [-0.4, -0.2) is 10.9 Å². The molecule has 2 fully saturated rings. The van der Waals surface area contributed by atoms with Crippen LogP contribution in [0, 0.1) is 28.1 Å². The van der Waals surface area contributed by atoms with Crippen LogP contribution in [0.4, 0.5) is 0 Å². The molecule has 3 aliphatic rings. The number of allylic oxidation sites excluding steroid dienone is 3. The number of hydrogen-bond donors (Lipinski definition) is 1. The molecule has 3 rings (SSSR count). The summed E-state index contributed by atoms with van der Waals surface area (Å²) in [6.45, 7) is 13.0. The minimum atomic E-state index is -0.0427. The van der Waals surface area contributed by atoms with E-state index in [1.807, 2.05) is 6.92 Å². The van der Waals surface area contributed by atoms with Crippen molar-refractivity contribution in [1.82, 2.24) is 0 Å². The van der Waals surface area contributed by atoms with E-state index < -0.39 is 0 Å². The number of rotatable bonds is 1. The Morgan fingerprint density at radius 1 is 1.23 bits per heavy atom. The second-order valence-electron chi connectivity index (χ2n) is 8.87. The summed E-state index contributed by atoms with van der Waals surface area (Å²) >= 11 is 0. The highest BCUT2D eigenvalue weighted by Crippen LogP contribution is 2.66. The van der Waals surface area contributed by atoms with Crippen molar-refractivity contribution < 1.29 is 9.90 Å². The molecule has 3 aliphatic carbocycles. The average molecular weight is 302 g/mol. The average Bonchev–Trinajstić information content (AvgIpc) is 2.49. The van der Waals surface area contributed by atoms with E-state index in [1.54, 1.807) is 0 Å². The Hall–Kier alpha value is -1.05. The van der Waals surface area contributed by atoms with Crippen LogP contribution in [0.5, 0.6) is 0 Å². The predicted molar refractivity (Wildman–Crippen MR) is 89.5 cm³/mol. The molecule has 0 heterocycles. The Morgan fingerprint density at radius 3 is 2.55 bits per heavy atom. The van der Waals surface area contributed by atoms with E-state index in [9.17, 15) is 9.90 Å². The molecule has 0 aliphatic heterocycles. The van der Waals surface area contributed by atoms with E-state index in [1.165, 1.54) is 25.7 Å². The van der Waals surface area contributed by atoms with Crippen molar-refractivity contribution in [3.05, 3.63) is 24.0 Å². The highest BCUT2D eigenvalue weighted by atomic mass is 16.3. The normalized spacial score (nSPS) is 48.6. The molecule has 0 aromatic rings. The van der Waals surface area contributed by atoms with Gasteiger partial charge in [0.05, 0.1) is 0 Å². The third kappa shape index (κ3) is 1.95. The summed E-state index contributed by atoms with van der Waals surface area (Å²) in [7, 11) is 0. The Balaban J connectivity index is 2.00. The molecular weight excluding hydrogens is 272 g/mol. The Morgan fingerprint density at radius 2 is 1.91 bits per heavy atom. The maximum Gasteiger partial charge on any atom is 0.197 e. The summed E-state index contributed by atoms with van der Waals surface area (Å²) in [6, 6.07) is 0. The van der Waals surface area contributed by atoms with Crippen LogP contribution in [-0.2, 0) is 4.79 Å². The van der Waals surface area contributed by atoms with Gasteiger partial charge in [-0.05, 0) is 72.7 Å². The SMILES string of the molecule is C=C[C@@]1(C)CC[C@@]2(C)[C@@H](CC[C@]3(C)C(C)=C(O)C(=O)C[C@H]23)C1. The van der Waals surface area contributed by atoms with E-state index in [2.05, 4.69) is 33.4 Å². The van der Waals surface area contributed by atoms with Gasteiger partial charge in [-0.3, -0.25) is 4.79 Å². The molecule has 22 heavy (non-hydrogen) atoms. The van der Waals surface area contributed by atoms with Crippen molar-refractivity contribution in [2.45, 2.75) is 66.2 Å². The summed E-state index contributed by atoms with van der Waals surface area (Å²) in [5.41, 5.74) is 1.40. The third-order valence-corrected chi connectivity index (χ3v) is 7.82. The zero-order valence-corrected chi connectivity index (χ0v) is 14.5. The Kier molecular flexibility index (Phi) is 3.40. The molecular formula is C20H30O2. The van der Waals surface area contributed by atoms with Gasteiger partial charge in [0.1, 0.15) is 0 Å². The van der Waals surface area contributed by atoms with Gasteiger partial charge in [0.25, 0.3) is 0 Å². The monoisotopic (exact) mass is 302 g/mol. The first-order valence-corrected chi connectivity index (χ1v) is 8.73. The largest absolute Gasteiger partial charge is 0.504 e. The van der Waals surface area contributed by atoms with Crippen molar-refractivity contribution >= 4 is 5.78 Å². The third-order valence-electron chi connectivity index (χ3n) is 7.82. The maximum atomic E-state index is 12.3. The van der Waals surface area contributed by atoms with E-state index in [0.717, 1.165) is 12.0 Å². The fourth-order valence-electron chi connectivity index (χ4n) is 5.78. The Labute approximate surface area is 134 Å². The number of aliphatic hydroxyl groups is 1. The number of fused-ring (bicyclic) bond motifs is 3. The van der Waals surface area contributed by atoms with E-state index in [-0.39, 0.29) is 27.8 Å². The van der Waals surface area contributed by atoms with Gasteiger partial charge < -0.3 is 5.11 Å². The zero-order valence-electron chi connectivity index (χ0n) is 14.5. The van der Waals surface area contributed by atoms with Crippen LogP contribution in [0.1, 0.15) is 66.2 Å². The molecule has 0 aromatic carbocycles. The first-order valence-electron chi connectivity index (χ1n) is 8.73. The molecule has 0 amide bonds. The molecule has 122 valence electrons. The van der Waals surface area contributed by atoms with Crippen LogP contribution >= 0.6 is 0 Å². The van der Waals surface area contributed by atoms with Gasteiger partial charge in [-0.25, -0.2) is 0 Å². The number of hydrogen-bond acceptors (Lipinski definition) is 2. The minimum absolute atomic E-state index is 0.00877. The number of carbonyl (C=O) groups is 1. The lowest BCUT2D eigenvalue weighted by Crippen LogP contribution is -2.55. The maximum absolute atomic E-state index is 12.3. The van der Waals surface area contributed by atoms with E-state index in [0.29, 0.717) is 18.3 Å². The smallest absolute Gasteiger partial charge is 0.197 e. The van der Waals surface area contributed by atoms with Crippen molar-refractivity contribution in [3.63, 3.8) is 0 Å². The molecule has 0 radical (unpaired) electrons. The van der Waals surface area contributed by atoms with Crippen LogP contribution < -0.4 is 0 Å². The molecule has 0 unspecified atom stereocenters. The van der Waals surface area contributed by atoms with E-state index >= 15 is 0 Å². The number of ketones is 1. The van der Waals surface area contributed by atoms with Gasteiger partial charge >= 0.3 is 0 Å². The topological polar surface area (TPSA) is 37.3 Å². The fourth-order valence-corrected chi connectivity index (χ4v) is 5.78. The molecule has 2 nitrogen and oxygen atoms in total. The molecule has 2 heteroatoms. The van der Waals surface area contributed by atoms with Gasteiger partial charge in [-0.1, -0.05) is 26.8 Å². The summed E-state index contributed by atoms with van der Waals surface area (Å²) in [5.74, 6) is 1.05. The molecule has 0 aromatic heterocycles. The van der Waals surface area contributed by atoms with Crippen LogP contribution in [0.3, 0.4) is 0 Å². The minimum Gasteiger partial charge on any atom is -0.504 e. The summed E-state index contributed by atoms with van der Waals surface area (Å²) in [5, 5.41) is 10.2. The molecule has 5 atom stereocenters. The summed E-state index contributed by atoms with van der Waals surface area (Å²) in [4.78, 5) is 12.3. The van der Waals surface area contributed by atoms with Gasteiger partial charge in [0.2, 0.25) is 0 Å². The van der Waals surface area contributed by atoms with Crippen molar-refractivity contribution in [3.8, 4) is 0 Å². The second-order valence-corrected chi connectivity index (χ2v) is 8.87. The molecule has 2 saturated carbocycles. The number of aliphatic hydroxyl groups excluding tert-OH is 1. The standard InChI is InChI=1S/C20H30O2/c1-6-18(3)9-10-20(5)14(12-18)7-8-19(4)13(2)17(22)15(21)11-16(19)20/h6,14,16,22H,1,7-12H2,2-5H3/t14-,16-,18-,19+,20-/m0/s1. The summed E-state index contributed by atoms with van der Waals surface area (Å²) < 4.78 is 0. The molecule has 0 bridgehead atoms. The lowest BCUT2D eigenvalue weighted by atomic mass is 9.42. The highest BCUT2D eigenvalue weighted by molar-refractivity contribution is 5.95. The van der Waals surface area contributed by atoms with Crippen molar-refractivity contribution in [1.29, 1.82) is 0 Å². The van der Waals surface area contributed by atoms with Crippen LogP contribution in [0.2, 0.25) is 0 Å². The lowest BCUT2D eigenvalue weighted by molar-refractivity contribution is -0.134. The van der Waals surface area contributed by atoms with Crippen molar-refractivity contribution in [2.75, 3.05) is 0 Å².